The lowest BCUT2D eigenvalue weighted by Gasteiger charge is -2.02. The lowest BCUT2D eigenvalue weighted by Crippen LogP contribution is -1.85. The highest BCUT2D eigenvalue weighted by Gasteiger charge is 1.94. The Morgan fingerprint density at radius 3 is 1.27 bits per heavy atom. The van der Waals surface area contributed by atoms with Crippen LogP contribution in [0.5, 0.6) is 0 Å². The Kier molecular flexibility index (Phi) is 24.7. The lowest BCUT2D eigenvalue weighted by molar-refractivity contribution is 0.288. The van der Waals surface area contributed by atoms with Gasteiger partial charge in [-0.1, -0.05) is 71.4 Å². The van der Waals surface area contributed by atoms with Gasteiger partial charge >= 0.3 is 0 Å². The minimum atomic E-state index is 0.295. The Labute approximate surface area is 206 Å². The molecule has 0 atom stereocenters. The van der Waals surface area contributed by atoms with Crippen LogP contribution >= 0.6 is 0 Å². The molecule has 0 aliphatic heterocycles. The Morgan fingerprint density at radius 2 is 0.939 bits per heavy atom. The van der Waals surface area contributed by atoms with Crippen molar-refractivity contribution in [2.45, 2.75) is 106 Å². The molecule has 1 N–H and O–H groups in total. The Hall–Kier alpha value is -2.06. The quantitative estimate of drug-likeness (QED) is 0.134. The average Bonchev–Trinajstić information content (AvgIpc) is 2.76. The molecule has 0 aromatic carbocycles. The van der Waals surface area contributed by atoms with Crippen molar-refractivity contribution in [1.82, 2.24) is 0 Å². The highest BCUT2D eigenvalue weighted by molar-refractivity contribution is 5.07. The first-order valence-corrected chi connectivity index (χ1v) is 12.5. The molecule has 2 nitrogen and oxygen atoms in total. The van der Waals surface area contributed by atoms with Crippen molar-refractivity contribution < 1.29 is 9.84 Å². The van der Waals surface area contributed by atoms with Crippen LogP contribution in [0.15, 0.2) is 83.9 Å². The van der Waals surface area contributed by atoms with E-state index in [0.29, 0.717) is 6.61 Å². The van der Waals surface area contributed by atoms with Crippen molar-refractivity contribution in [3.63, 3.8) is 0 Å². The molecule has 2 heteroatoms. The van der Waals surface area contributed by atoms with E-state index in [1.165, 1.54) is 66.1 Å². The molecule has 188 valence electrons. The molecule has 0 amide bonds. The molecule has 33 heavy (non-hydrogen) atoms. The molecule has 0 aromatic rings. The molecule has 0 unspecified atom stereocenters. The van der Waals surface area contributed by atoms with Gasteiger partial charge in [-0.25, -0.2) is 0 Å². The number of unbranched alkanes of at least 4 members (excludes halogenated alkanes) is 1. The standard InChI is InChI=1S/C27H46O.C4H6O/c1-23(2)13-9-16-26(5)19-10-17-24(3)14-7-8-15-25(4)18-11-20-27(6)21-12-22-28;1-3-5-4-2/h13-15,19-20,28H,7-12,16-18,21-22H2,1-6H3;3-4H,1-2H2/b24-14+,25-15+,26-19+,27-20+;. The summed E-state index contributed by atoms with van der Waals surface area (Å²) in [6.07, 6.45) is 25.7. The fraction of sp³-hybridized carbons (Fsp3) is 0.548. The summed E-state index contributed by atoms with van der Waals surface area (Å²) in [7, 11) is 0. The van der Waals surface area contributed by atoms with Crippen molar-refractivity contribution in [3.05, 3.63) is 83.9 Å². The van der Waals surface area contributed by atoms with Gasteiger partial charge in [0, 0.05) is 6.61 Å². The third-order valence-corrected chi connectivity index (χ3v) is 5.23. The van der Waals surface area contributed by atoms with Gasteiger partial charge in [0.05, 0.1) is 12.5 Å². The van der Waals surface area contributed by atoms with Gasteiger partial charge < -0.3 is 9.84 Å². The van der Waals surface area contributed by atoms with Crippen LogP contribution in [0.2, 0.25) is 0 Å². The van der Waals surface area contributed by atoms with Crippen molar-refractivity contribution >= 4 is 0 Å². The number of rotatable bonds is 17. The van der Waals surface area contributed by atoms with E-state index in [1.54, 1.807) is 0 Å². The molecule has 0 fully saturated rings. The first-order chi connectivity index (χ1) is 15.8. The van der Waals surface area contributed by atoms with E-state index in [2.05, 4.69) is 89.8 Å². The maximum Gasteiger partial charge on any atom is 0.0829 e. The normalized spacial score (nSPS) is 12.6. The van der Waals surface area contributed by atoms with Crippen LogP contribution in [0.4, 0.5) is 0 Å². The van der Waals surface area contributed by atoms with Crippen LogP contribution in [0, 0.1) is 0 Å². The van der Waals surface area contributed by atoms with E-state index in [9.17, 15) is 0 Å². The average molecular weight is 457 g/mol. The summed E-state index contributed by atoms with van der Waals surface area (Å²) < 4.78 is 4.36. The summed E-state index contributed by atoms with van der Waals surface area (Å²) >= 11 is 0. The molecule has 0 spiro atoms. The Bertz CT molecular complexity index is 646. The highest BCUT2D eigenvalue weighted by Crippen LogP contribution is 2.14. The van der Waals surface area contributed by atoms with Gasteiger partial charge in [0.25, 0.3) is 0 Å². The number of hydrogen-bond donors (Lipinski definition) is 1. The monoisotopic (exact) mass is 456 g/mol. The zero-order valence-corrected chi connectivity index (χ0v) is 22.6. The number of aliphatic hydroxyl groups excluding tert-OH is 1. The van der Waals surface area contributed by atoms with Crippen LogP contribution in [0.3, 0.4) is 0 Å². The van der Waals surface area contributed by atoms with Crippen LogP contribution in [0.1, 0.15) is 106 Å². The minimum absolute atomic E-state index is 0.295. The molecule has 0 radical (unpaired) electrons. The maximum absolute atomic E-state index is 8.86. The molecule has 0 bridgehead atoms. The molecule has 0 heterocycles. The van der Waals surface area contributed by atoms with Crippen molar-refractivity contribution in [2.24, 2.45) is 0 Å². The fourth-order valence-electron chi connectivity index (χ4n) is 3.17. The predicted molar refractivity (Wildman–Crippen MR) is 149 cm³/mol. The van der Waals surface area contributed by atoms with E-state index in [-0.39, 0.29) is 0 Å². The summed E-state index contributed by atoms with van der Waals surface area (Å²) in [5.41, 5.74) is 7.35. The number of allylic oxidation sites excluding steroid dienone is 10. The van der Waals surface area contributed by atoms with Crippen molar-refractivity contribution in [1.29, 1.82) is 0 Å². The summed E-state index contributed by atoms with van der Waals surface area (Å²) in [5.74, 6) is 0. The lowest BCUT2D eigenvalue weighted by atomic mass is 10.0. The second kappa shape index (κ2) is 24.6. The van der Waals surface area contributed by atoms with Gasteiger partial charge in [0.1, 0.15) is 0 Å². The van der Waals surface area contributed by atoms with Crippen molar-refractivity contribution in [2.75, 3.05) is 6.61 Å². The van der Waals surface area contributed by atoms with E-state index >= 15 is 0 Å². The van der Waals surface area contributed by atoms with Crippen LogP contribution in [0.25, 0.3) is 0 Å². The van der Waals surface area contributed by atoms with Crippen LogP contribution < -0.4 is 0 Å². The molecule has 0 aromatic heterocycles. The number of hydrogen-bond acceptors (Lipinski definition) is 2. The fourth-order valence-corrected chi connectivity index (χ4v) is 3.17. The van der Waals surface area contributed by atoms with Gasteiger partial charge in [-0.2, -0.15) is 0 Å². The second-order valence-electron chi connectivity index (χ2n) is 8.97. The van der Waals surface area contributed by atoms with E-state index in [0.717, 1.165) is 38.5 Å². The van der Waals surface area contributed by atoms with Gasteiger partial charge in [-0.3, -0.25) is 0 Å². The van der Waals surface area contributed by atoms with E-state index < -0.39 is 0 Å². The van der Waals surface area contributed by atoms with Gasteiger partial charge in [-0.05, 0) is 106 Å². The largest absolute Gasteiger partial charge is 0.474 e. The molecule has 0 saturated heterocycles. The first kappa shape index (κ1) is 33.1. The third kappa shape index (κ3) is 27.9. The van der Waals surface area contributed by atoms with Crippen LogP contribution in [-0.4, -0.2) is 11.7 Å². The minimum Gasteiger partial charge on any atom is -0.474 e. The van der Waals surface area contributed by atoms with Gasteiger partial charge in [0.15, 0.2) is 0 Å². The summed E-state index contributed by atoms with van der Waals surface area (Å²) in [4.78, 5) is 0. The molecular formula is C31H52O2. The van der Waals surface area contributed by atoms with E-state index in [1.807, 2.05) is 0 Å². The Morgan fingerprint density at radius 1 is 0.576 bits per heavy atom. The maximum atomic E-state index is 8.86. The topological polar surface area (TPSA) is 29.5 Å². The molecule has 0 rings (SSSR count). The van der Waals surface area contributed by atoms with E-state index in [4.69, 9.17) is 5.11 Å². The molecule has 0 aliphatic carbocycles. The van der Waals surface area contributed by atoms with Gasteiger partial charge in [-0.15, -0.1) is 0 Å². The zero-order chi connectivity index (χ0) is 25.3. The number of aliphatic hydroxyl groups is 1. The first-order valence-electron chi connectivity index (χ1n) is 12.5. The number of ether oxygens (including phenoxy) is 1. The summed E-state index contributed by atoms with van der Waals surface area (Å²) in [6, 6.07) is 0. The SMILES string of the molecule is C=COC=C.CC(C)=CCC/C(C)=C/CC/C(C)=C/CC/C=C(\C)CC/C=C(\C)CCCO. The smallest absolute Gasteiger partial charge is 0.0829 e. The molecule has 0 saturated carbocycles. The summed E-state index contributed by atoms with van der Waals surface area (Å²) in [6.45, 7) is 20.1. The Balaban J connectivity index is 0. The predicted octanol–water partition coefficient (Wildman–Crippen LogP) is 9.92. The van der Waals surface area contributed by atoms with Crippen molar-refractivity contribution in [3.8, 4) is 0 Å². The molecular weight excluding hydrogens is 404 g/mol. The zero-order valence-electron chi connectivity index (χ0n) is 22.6. The van der Waals surface area contributed by atoms with Gasteiger partial charge in [0.2, 0.25) is 0 Å². The summed E-state index contributed by atoms with van der Waals surface area (Å²) in [5, 5.41) is 8.86. The second-order valence-corrected chi connectivity index (χ2v) is 8.97. The third-order valence-electron chi connectivity index (χ3n) is 5.23. The van der Waals surface area contributed by atoms with Crippen LogP contribution in [-0.2, 0) is 4.74 Å². The highest BCUT2D eigenvalue weighted by atomic mass is 16.5. The molecule has 0 aliphatic rings.